The first-order valence-corrected chi connectivity index (χ1v) is 8.61. The van der Waals surface area contributed by atoms with E-state index in [1.165, 1.54) is 0 Å². The topological polar surface area (TPSA) is 87.5 Å². The zero-order valence-corrected chi connectivity index (χ0v) is 15.5. The smallest absolute Gasteiger partial charge is 0.356 e. The number of aromatic carboxylic acids is 1. The molecule has 1 aromatic heterocycles. The maximum Gasteiger partial charge on any atom is 0.356 e. The van der Waals surface area contributed by atoms with Gasteiger partial charge >= 0.3 is 5.97 Å². The summed E-state index contributed by atoms with van der Waals surface area (Å²) in [6, 6.07) is 7.88. The van der Waals surface area contributed by atoms with Crippen molar-refractivity contribution in [2.24, 2.45) is 7.05 Å². The van der Waals surface area contributed by atoms with Gasteiger partial charge in [0.15, 0.2) is 5.69 Å². The molecule has 1 aromatic carbocycles. The van der Waals surface area contributed by atoms with Crippen LogP contribution in [0.4, 0.5) is 5.69 Å². The molecule has 0 atom stereocenters. The van der Waals surface area contributed by atoms with Crippen LogP contribution in [0.3, 0.4) is 0 Å². The van der Waals surface area contributed by atoms with Crippen LogP contribution in [-0.2, 0) is 24.8 Å². The van der Waals surface area contributed by atoms with Gasteiger partial charge < -0.3 is 15.3 Å². The van der Waals surface area contributed by atoms with E-state index in [0.29, 0.717) is 18.5 Å². The number of benzene rings is 1. The summed E-state index contributed by atoms with van der Waals surface area (Å²) in [6.45, 7) is 6.50. The fraction of sp³-hybridized carbons (Fsp3) is 0.421. The predicted molar refractivity (Wildman–Crippen MR) is 98.2 cm³/mol. The molecule has 2 aromatic rings. The highest BCUT2D eigenvalue weighted by molar-refractivity contribution is 5.90. The van der Waals surface area contributed by atoms with Crippen molar-refractivity contribution in [3.8, 4) is 0 Å². The van der Waals surface area contributed by atoms with Crippen LogP contribution >= 0.6 is 0 Å². The average molecular weight is 356 g/mol. The molecule has 1 aliphatic heterocycles. The molecule has 138 valence electrons. The maximum atomic E-state index is 13.1. The molecule has 0 unspecified atom stereocenters. The Kier molecular flexibility index (Phi) is 4.48. The Morgan fingerprint density at radius 2 is 1.88 bits per heavy atom. The Hall–Kier alpha value is -2.83. The number of nitrogens with one attached hydrogen (secondary N) is 1. The van der Waals surface area contributed by atoms with Crippen LogP contribution in [0.15, 0.2) is 24.3 Å². The molecule has 2 heterocycles. The van der Waals surface area contributed by atoms with Crippen LogP contribution in [0.2, 0.25) is 0 Å². The van der Waals surface area contributed by atoms with Gasteiger partial charge in [-0.3, -0.25) is 9.48 Å². The van der Waals surface area contributed by atoms with Crippen molar-refractivity contribution in [1.29, 1.82) is 0 Å². The van der Waals surface area contributed by atoms with Crippen LogP contribution in [0.25, 0.3) is 0 Å². The summed E-state index contributed by atoms with van der Waals surface area (Å²) in [4.78, 5) is 26.2. The van der Waals surface area contributed by atoms with Crippen LogP contribution < -0.4 is 5.32 Å². The quantitative estimate of drug-likeness (QED) is 0.877. The molecule has 1 amide bonds. The molecular formula is C19H24N4O3. The van der Waals surface area contributed by atoms with Crippen molar-refractivity contribution in [1.82, 2.24) is 14.7 Å². The molecule has 0 fully saturated rings. The molecule has 0 spiro atoms. The second-order valence-corrected chi connectivity index (χ2v) is 7.30. The molecule has 0 saturated heterocycles. The van der Waals surface area contributed by atoms with Gasteiger partial charge in [0.05, 0.1) is 0 Å². The van der Waals surface area contributed by atoms with E-state index in [1.807, 2.05) is 45.0 Å². The summed E-state index contributed by atoms with van der Waals surface area (Å²) in [5.41, 5.74) is 2.77. The summed E-state index contributed by atoms with van der Waals surface area (Å²) in [5.74, 6) is -1.13. The average Bonchev–Trinajstić information content (AvgIpc) is 2.92. The molecular weight excluding hydrogens is 332 g/mol. The first-order chi connectivity index (χ1) is 12.2. The van der Waals surface area contributed by atoms with Crippen LogP contribution in [-0.4, -0.2) is 43.7 Å². The third kappa shape index (κ3) is 3.29. The number of rotatable bonds is 4. The number of carboxylic acid groups (broad SMARTS) is 1. The SMILES string of the molecule is Cc1ccc(NC(C)(C)C(=O)N2CCc3c(c(C(=O)O)nn3C)C2)cc1. The largest absolute Gasteiger partial charge is 0.476 e. The zero-order chi connectivity index (χ0) is 19.1. The number of aromatic nitrogens is 2. The second kappa shape index (κ2) is 6.48. The maximum absolute atomic E-state index is 13.1. The molecule has 1 aliphatic rings. The summed E-state index contributed by atoms with van der Waals surface area (Å²) in [7, 11) is 1.74. The number of aryl methyl sites for hydroxylation is 2. The van der Waals surface area contributed by atoms with E-state index in [0.717, 1.165) is 16.9 Å². The van der Waals surface area contributed by atoms with Gasteiger partial charge in [0.2, 0.25) is 5.91 Å². The molecule has 0 aliphatic carbocycles. The minimum atomic E-state index is -1.06. The first kappa shape index (κ1) is 18.0. The third-order valence-electron chi connectivity index (χ3n) is 4.78. The van der Waals surface area contributed by atoms with Crippen molar-refractivity contribution in [3.63, 3.8) is 0 Å². The lowest BCUT2D eigenvalue weighted by Gasteiger charge is -2.35. The molecule has 26 heavy (non-hydrogen) atoms. The number of amides is 1. The lowest BCUT2D eigenvalue weighted by atomic mass is 9.98. The standard InChI is InChI=1S/C19H24N4O3/c1-12-5-7-13(8-6-12)20-19(2,3)18(26)23-10-9-15-14(11-23)16(17(24)25)21-22(15)4/h5-8,20H,9-11H2,1-4H3,(H,24,25). The summed E-state index contributed by atoms with van der Waals surface area (Å²) < 4.78 is 1.61. The lowest BCUT2D eigenvalue weighted by molar-refractivity contribution is -0.136. The van der Waals surface area contributed by atoms with Gasteiger partial charge in [-0.2, -0.15) is 5.10 Å². The van der Waals surface area contributed by atoms with Crippen molar-refractivity contribution in [2.75, 3.05) is 11.9 Å². The Morgan fingerprint density at radius 3 is 2.50 bits per heavy atom. The number of anilines is 1. The number of hydrogen-bond acceptors (Lipinski definition) is 4. The van der Waals surface area contributed by atoms with Gasteiger partial charge in [0.25, 0.3) is 0 Å². The number of hydrogen-bond donors (Lipinski definition) is 2. The van der Waals surface area contributed by atoms with E-state index >= 15 is 0 Å². The van der Waals surface area contributed by atoms with Crippen molar-refractivity contribution < 1.29 is 14.7 Å². The molecule has 3 rings (SSSR count). The van der Waals surface area contributed by atoms with E-state index in [-0.39, 0.29) is 18.1 Å². The lowest BCUT2D eigenvalue weighted by Crippen LogP contribution is -2.51. The van der Waals surface area contributed by atoms with Gasteiger partial charge in [-0.25, -0.2) is 4.79 Å². The number of carbonyl (C=O) groups excluding carboxylic acids is 1. The van der Waals surface area contributed by atoms with Crippen LogP contribution in [0.5, 0.6) is 0 Å². The number of carboxylic acids is 1. The van der Waals surface area contributed by atoms with Crippen molar-refractivity contribution in [2.45, 2.75) is 39.3 Å². The van der Waals surface area contributed by atoms with Crippen molar-refractivity contribution >= 4 is 17.6 Å². The summed E-state index contributed by atoms with van der Waals surface area (Å²) in [5, 5.41) is 16.7. The van der Waals surface area contributed by atoms with Gasteiger partial charge in [-0.15, -0.1) is 0 Å². The Bertz CT molecular complexity index is 852. The predicted octanol–water partition coefficient (Wildman–Crippen LogP) is 2.20. The van der Waals surface area contributed by atoms with Crippen LogP contribution in [0.1, 0.15) is 41.2 Å². The van der Waals surface area contributed by atoms with Gasteiger partial charge in [-0.1, -0.05) is 17.7 Å². The first-order valence-electron chi connectivity index (χ1n) is 8.61. The number of fused-ring (bicyclic) bond motifs is 1. The number of carbonyl (C=O) groups is 2. The van der Waals surface area contributed by atoms with Crippen LogP contribution in [0, 0.1) is 6.92 Å². The monoisotopic (exact) mass is 356 g/mol. The molecule has 0 bridgehead atoms. The Labute approximate surface area is 152 Å². The third-order valence-corrected chi connectivity index (χ3v) is 4.78. The highest BCUT2D eigenvalue weighted by Gasteiger charge is 2.36. The minimum absolute atomic E-state index is 0.0318. The number of nitrogens with zero attached hydrogens (tertiary/aromatic N) is 3. The second-order valence-electron chi connectivity index (χ2n) is 7.30. The minimum Gasteiger partial charge on any atom is -0.476 e. The molecule has 0 radical (unpaired) electrons. The molecule has 7 nitrogen and oxygen atoms in total. The normalized spacial score (nSPS) is 14.1. The van der Waals surface area contributed by atoms with E-state index in [1.54, 1.807) is 16.6 Å². The molecule has 0 saturated carbocycles. The highest BCUT2D eigenvalue weighted by Crippen LogP contribution is 2.25. The van der Waals surface area contributed by atoms with Gasteiger partial charge in [0.1, 0.15) is 5.54 Å². The summed E-state index contributed by atoms with van der Waals surface area (Å²) >= 11 is 0. The Morgan fingerprint density at radius 1 is 1.23 bits per heavy atom. The van der Waals surface area contributed by atoms with Gasteiger partial charge in [-0.05, 0) is 32.9 Å². The van der Waals surface area contributed by atoms with E-state index in [4.69, 9.17) is 0 Å². The Balaban J connectivity index is 1.80. The fourth-order valence-corrected chi connectivity index (χ4v) is 3.38. The highest BCUT2D eigenvalue weighted by atomic mass is 16.4. The van der Waals surface area contributed by atoms with Crippen molar-refractivity contribution in [3.05, 3.63) is 46.8 Å². The van der Waals surface area contributed by atoms with Gasteiger partial charge in [0, 0.05) is 43.5 Å². The molecule has 7 heteroatoms. The summed E-state index contributed by atoms with van der Waals surface area (Å²) in [6.07, 6.45) is 0.596. The zero-order valence-electron chi connectivity index (χ0n) is 15.5. The fourth-order valence-electron chi connectivity index (χ4n) is 3.38. The molecule has 2 N–H and O–H groups in total. The van der Waals surface area contributed by atoms with E-state index < -0.39 is 11.5 Å². The van der Waals surface area contributed by atoms with E-state index in [9.17, 15) is 14.7 Å². The van der Waals surface area contributed by atoms with E-state index in [2.05, 4.69) is 10.4 Å².